The maximum Gasteiger partial charge on any atom is 0.338 e. The smallest absolute Gasteiger partial charge is 0.338 e. The minimum Gasteiger partial charge on any atom is -0.505 e. The highest BCUT2D eigenvalue weighted by Gasteiger charge is 2.21. The van der Waals surface area contributed by atoms with Crippen LogP contribution in [0.1, 0.15) is 40.1 Å². The number of rotatable bonds is 9. The van der Waals surface area contributed by atoms with Gasteiger partial charge in [-0.05, 0) is 49.7 Å². The van der Waals surface area contributed by atoms with Crippen molar-refractivity contribution in [3.63, 3.8) is 0 Å². The summed E-state index contributed by atoms with van der Waals surface area (Å²) in [5, 5.41) is 15.5. The van der Waals surface area contributed by atoms with Crippen molar-refractivity contribution in [3.05, 3.63) is 95.4 Å². The standard InChI is InChI=1S/C27H27N3O4/c1-3-33-14-15-34-27(32)20-6-4-8-22(16-20)30-24(21-7-5-13-28-17-21)23-12-11-19-10-9-18(2)29-25(19)26(23)31/h4-13,16-17,24,30-31H,3,14-15H2,1-2H3. The van der Waals surface area contributed by atoms with Crippen LogP contribution < -0.4 is 5.32 Å². The molecule has 0 saturated heterocycles. The van der Waals surface area contributed by atoms with E-state index in [2.05, 4.69) is 15.3 Å². The molecular formula is C27H27N3O4. The van der Waals surface area contributed by atoms with E-state index in [1.54, 1.807) is 30.6 Å². The maximum atomic E-state index is 12.5. The zero-order valence-electron chi connectivity index (χ0n) is 19.2. The highest BCUT2D eigenvalue weighted by atomic mass is 16.6. The van der Waals surface area contributed by atoms with E-state index in [4.69, 9.17) is 9.47 Å². The van der Waals surface area contributed by atoms with E-state index in [1.807, 2.05) is 56.3 Å². The molecule has 0 aliphatic heterocycles. The molecule has 0 bridgehead atoms. The number of aromatic hydroxyl groups is 1. The molecule has 2 aromatic heterocycles. The van der Waals surface area contributed by atoms with Gasteiger partial charge in [0.25, 0.3) is 0 Å². The fourth-order valence-electron chi connectivity index (χ4n) is 3.73. The van der Waals surface area contributed by atoms with Gasteiger partial charge in [-0.15, -0.1) is 0 Å². The zero-order chi connectivity index (χ0) is 23.9. The van der Waals surface area contributed by atoms with Crippen LogP contribution >= 0.6 is 0 Å². The molecule has 1 atom stereocenters. The molecule has 0 fully saturated rings. The quantitative estimate of drug-likeness (QED) is 0.269. The van der Waals surface area contributed by atoms with E-state index in [1.165, 1.54) is 0 Å². The Balaban J connectivity index is 1.66. The molecule has 0 amide bonds. The second-order valence-corrected chi connectivity index (χ2v) is 7.81. The van der Waals surface area contributed by atoms with E-state index in [9.17, 15) is 9.90 Å². The first-order chi connectivity index (χ1) is 16.6. The number of aryl methyl sites for hydroxylation is 1. The van der Waals surface area contributed by atoms with Crippen molar-refractivity contribution in [3.8, 4) is 5.75 Å². The van der Waals surface area contributed by atoms with Crippen molar-refractivity contribution < 1.29 is 19.4 Å². The van der Waals surface area contributed by atoms with Gasteiger partial charge in [0.15, 0.2) is 0 Å². The molecule has 0 spiro atoms. The van der Waals surface area contributed by atoms with Gasteiger partial charge < -0.3 is 19.9 Å². The van der Waals surface area contributed by atoms with Crippen molar-refractivity contribution >= 4 is 22.6 Å². The number of ether oxygens (including phenoxy) is 2. The number of aromatic nitrogens is 2. The van der Waals surface area contributed by atoms with Crippen LogP contribution in [0.25, 0.3) is 10.9 Å². The predicted octanol–water partition coefficient (Wildman–Crippen LogP) is 5.04. The molecule has 2 N–H and O–H groups in total. The average molecular weight is 458 g/mol. The number of nitrogens with zero attached hydrogens (tertiary/aromatic N) is 2. The number of pyridine rings is 2. The molecule has 4 aromatic rings. The highest BCUT2D eigenvalue weighted by molar-refractivity contribution is 5.90. The molecule has 2 aromatic carbocycles. The third-order valence-corrected chi connectivity index (χ3v) is 5.41. The van der Waals surface area contributed by atoms with Crippen LogP contribution in [0.15, 0.2) is 73.1 Å². The number of carbonyl (C=O) groups is 1. The third-order valence-electron chi connectivity index (χ3n) is 5.41. The number of phenolic OH excluding ortho intramolecular Hbond substituents is 1. The SMILES string of the molecule is CCOCCOC(=O)c1cccc(NC(c2cccnc2)c2ccc3ccc(C)nc3c2O)c1. The summed E-state index contributed by atoms with van der Waals surface area (Å²) < 4.78 is 10.5. The van der Waals surface area contributed by atoms with Crippen molar-refractivity contribution in [1.29, 1.82) is 0 Å². The largest absolute Gasteiger partial charge is 0.505 e. The molecule has 0 radical (unpaired) electrons. The average Bonchev–Trinajstić information content (AvgIpc) is 2.87. The van der Waals surface area contributed by atoms with Gasteiger partial charge >= 0.3 is 5.97 Å². The van der Waals surface area contributed by atoms with Gasteiger partial charge in [-0.25, -0.2) is 9.78 Å². The van der Waals surface area contributed by atoms with Crippen LogP contribution in [0.5, 0.6) is 5.75 Å². The van der Waals surface area contributed by atoms with Gasteiger partial charge in [0.2, 0.25) is 0 Å². The Bertz CT molecular complexity index is 1280. The molecule has 4 rings (SSSR count). The van der Waals surface area contributed by atoms with Gasteiger partial charge in [-0.1, -0.05) is 30.3 Å². The molecule has 174 valence electrons. The summed E-state index contributed by atoms with van der Waals surface area (Å²) in [7, 11) is 0. The van der Waals surface area contributed by atoms with Gasteiger partial charge in [0, 0.05) is 41.3 Å². The topological polar surface area (TPSA) is 93.6 Å². The Kier molecular flexibility index (Phi) is 7.34. The summed E-state index contributed by atoms with van der Waals surface area (Å²) in [5.41, 5.74) is 4.00. The van der Waals surface area contributed by atoms with Crippen LogP contribution in [0.2, 0.25) is 0 Å². The minimum atomic E-state index is -0.426. The molecule has 2 heterocycles. The lowest BCUT2D eigenvalue weighted by atomic mass is 9.97. The van der Waals surface area contributed by atoms with Crippen LogP contribution in [0, 0.1) is 6.92 Å². The van der Waals surface area contributed by atoms with Gasteiger partial charge in [-0.2, -0.15) is 0 Å². The number of benzene rings is 2. The Hall–Kier alpha value is -3.97. The second-order valence-electron chi connectivity index (χ2n) is 7.81. The van der Waals surface area contributed by atoms with Gasteiger partial charge in [0.05, 0.1) is 18.2 Å². The Morgan fingerprint density at radius 1 is 1.09 bits per heavy atom. The summed E-state index contributed by atoms with van der Waals surface area (Å²) in [6.07, 6.45) is 3.45. The summed E-state index contributed by atoms with van der Waals surface area (Å²) in [4.78, 5) is 21.2. The second kappa shape index (κ2) is 10.8. The van der Waals surface area contributed by atoms with E-state index in [0.717, 1.165) is 16.6 Å². The number of hydrogen-bond acceptors (Lipinski definition) is 7. The number of nitrogens with one attached hydrogen (secondary N) is 1. The highest BCUT2D eigenvalue weighted by Crippen LogP contribution is 2.36. The van der Waals surface area contributed by atoms with E-state index < -0.39 is 12.0 Å². The van der Waals surface area contributed by atoms with E-state index in [0.29, 0.717) is 35.5 Å². The zero-order valence-corrected chi connectivity index (χ0v) is 19.2. The lowest BCUT2D eigenvalue weighted by molar-refractivity contribution is 0.0335. The molecule has 0 saturated carbocycles. The van der Waals surface area contributed by atoms with Crippen molar-refractivity contribution in [2.75, 3.05) is 25.1 Å². The summed E-state index contributed by atoms with van der Waals surface area (Å²) in [5.74, 6) is -0.316. The molecule has 0 aliphatic rings. The Morgan fingerprint density at radius 2 is 1.94 bits per heavy atom. The molecule has 34 heavy (non-hydrogen) atoms. The Morgan fingerprint density at radius 3 is 2.74 bits per heavy atom. The van der Waals surface area contributed by atoms with E-state index in [-0.39, 0.29) is 12.4 Å². The number of anilines is 1. The van der Waals surface area contributed by atoms with Crippen LogP contribution in [0.4, 0.5) is 5.69 Å². The number of esters is 1. The van der Waals surface area contributed by atoms with Crippen molar-refractivity contribution in [2.45, 2.75) is 19.9 Å². The first-order valence-corrected chi connectivity index (χ1v) is 11.2. The maximum absolute atomic E-state index is 12.5. The van der Waals surface area contributed by atoms with Crippen LogP contribution in [0.3, 0.4) is 0 Å². The van der Waals surface area contributed by atoms with E-state index >= 15 is 0 Å². The first-order valence-electron chi connectivity index (χ1n) is 11.2. The van der Waals surface area contributed by atoms with Gasteiger partial charge in [-0.3, -0.25) is 4.98 Å². The number of phenols is 1. The van der Waals surface area contributed by atoms with Crippen LogP contribution in [-0.2, 0) is 9.47 Å². The lowest BCUT2D eigenvalue weighted by Crippen LogP contribution is -2.14. The lowest BCUT2D eigenvalue weighted by Gasteiger charge is -2.22. The minimum absolute atomic E-state index is 0.106. The molecule has 1 unspecified atom stereocenters. The molecule has 0 aliphatic carbocycles. The molecule has 7 heteroatoms. The fraction of sp³-hybridized carbons (Fsp3) is 0.222. The summed E-state index contributed by atoms with van der Waals surface area (Å²) >= 11 is 0. The monoisotopic (exact) mass is 457 g/mol. The Labute approximate surface area is 198 Å². The van der Waals surface area contributed by atoms with Gasteiger partial charge in [0.1, 0.15) is 17.9 Å². The number of hydrogen-bond donors (Lipinski definition) is 2. The molecular weight excluding hydrogens is 430 g/mol. The fourth-order valence-corrected chi connectivity index (χ4v) is 3.73. The van der Waals surface area contributed by atoms with Crippen molar-refractivity contribution in [2.24, 2.45) is 0 Å². The van der Waals surface area contributed by atoms with Crippen molar-refractivity contribution in [1.82, 2.24) is 9.97 Å². The normalized spacial score (nSPS) is 11.8. The predicted molar refractivity (Wildman–Crippen MR) is 131 cm³/mol. The summed E-state index contributed by atoms with van der Waals surface area (Å²) in [6, 6.07) is 18.1. The number of fused-ring (bicyclic) bond motifs is 1. The summed E-state index contributed by atoms with van der Waals surface area (Å²) in [6.45, 7) is 4.91. The first kappa shape index (κ1) is 23.2. The third kappa shape index (κ3) is 5.32. The molecule has 7 nitrogen and oxygen atoms in total. The number of carbonyl (C=O) groups excluding carboxylic acids is 1. The van der Waals surface area contributed by atoms with Crippen LogP contribution in [-0.4, -0.2) is 40.9 Å².